The average Bonchev–Trinajstić information content (AvgIpc) is 2.35. The second kappa shape index (κ2) is 9.59. The first-order chi connectivity index (χ1) is 8.93. The Kier molecular flexibility index (Phi) is 8.92. The fourth-order valence-electron chi connectivity index (χ4n) is 0.973. The summed E-state index contributed by atoms with van der Waals surface area (Å²) in [6.45, 7) is 6.56. The maximum absolute atomic E-state index is 11.6. The van der Waals surface area contributed by atoms with Gasteiger partial charge in [-0.2, -0.15) is 0 Å². The van der Waals surface area contributed by atoms with Crippen molar-refractivity contribution in [2.45, 2.75) is 13.8 Å². The maximum Gasteiger partial charge on any atom is 0.418 e. The van der Waals surface area contributed by atoms with Gasteiger partial charge in [0.05, 0.1) is 4.55 Å². The number of rotatable bonds is 6. The first kappa shape index (κ1) is 17.7. The van der Waals surface area contributed by atoms with E-state index in [1.807, 2.05) is 22.6 Å². The van der Waals surface area contributed by atoms with Crippen molar-refractivity contribution in [3.8, 4) is 0 Å². The maximum atomic E-state index is 11.6. The number of carbonyl (C=O) groups excluding carboxylic acids is 3. The largest absolute Gasteiger partial charge is 0.459 e. The van der Waals surface area contributed by atoms with Gasteiger partial charge in [-0.3, -0.25) is 0 Å². The van der Waals surface area contributed by atoms with Crippen LogP contribution in [0.2, 0.25) is 0 Å². The molecule has 8 heteroatoms. The van der Waals surface area contributed by atoms with Crippen LogP contribution in [-0.4, -0.2) is 47.3 Å². The van der Waals surface area contributed by atoms with Gasteiger partial charge in [-0.25, -0.2) is 19.3 Å². The molecule has 0 unspecified atom stereocenters. The van der Waals surface area contributed by atoms with Crippen LogP contribution in [0.3, 0.4) is 0 Å². The molecule has 0 aliphatic rings. The van der Waals surface area contributed by atoms with Crippen LogP contribution < -0.4 is 5.32 Å². The summed E-state index contributed by atoms with van der Waals surface area (Å²) in [5.41, 5.74) is 0.267. The predicted molar refractivity (Wildman–Crippen MR) is 76.9 cm³/mol. The molecule has 0 aromatic rings. The van der Waals surface area contributed by atoms with E-state index in [-0.39, 0.29) is 25.3 Å². The van der Waals surface area contributed by atoms with Crippen LogP contribution in [-0.2, 0) is 14.3 Å². The van der Waals surface area contributed by atoms with E-state index in [0.717, 1.165) is 4.90 Å². The number of carbonyl (C=O) groups is 3. The third-order valence-corrected chi connectivity index (χ3v) is 2.27. The quantitative estimate of drug-likeness (QED) is 0.188. The monoisotopic (exact) mass is 384 g/mol. The number of halogens is 1. The summed E-state index contributed by atoms with van der Waals surface area (Å²) in [5, 5.41) is 2.48. The Morgan fingerprint density at radius 3 is 2.32 bits per heavy atom. The Labute approximate surface area is 125 Å². The Morgan fingerprint density at radius 1 is 1.26 bits per heavy atom. The minimum atomic E-state index is -0.781. The molecular formula is C11H17IN2O5. The Hall–Kier alpha value is -1.32. The lowest BCUT2D eigenvalue weighted by Gasteiger charge is -2.18. The van der Waals surface area contributed by atoms with Crippen molar-refractivity contribution in [2.24, 2.45) is 0 Å². The van der Waals surface area contributed by atoms with Crippen LogP contribution in [0.4, 0.5) is 9.59 Å². The number of ether oxygens (including phenoxy) is 2. The molecule has 0 rings (SSSR count). The SMILES string of the molecule is C=C(C)C(=O)OCCOC(=O)N(CC)C(=O)NCI. The highest BCUT2D eigenvalue weighted by atomic mass is 127. The molecule has 0 aliphatic carbocycles. The van der Waals surface area contributed by atoms with E-state index in [9.17, 15) is 14.4 Å². The van der Waals surface area contributed by atoms with Crippen molar-refractivity contribution >= 4 is 40.7 Å². The minimum absolute atomic E-state index is 0.0805. The van der Waals surface area contributed by atoms with Gasteiger partial charge in [-0.15, -0.1) is 0 Å². The lowest BCUT2D eigenvalue weighted by Crippen LogP contribution is -2.43. The van der Waals surface area contributed by atoms with Crippen LogP contribution in [0.1, 0.15) is 13.8 Å². The van der Waals surface area contributed by atoms with Gasteiger partial charge in [0.15, 0.2) is 0 Å². The Balaban J connectivity index is 4.05. The molecule has 0 atom stereocenters. The van der Waals surface area contributed by atoms with Gasteiger partial charge >= 0.3 is 18.1 Å². The lowest BCUT2D eigenvalue weighted by molar-refractivity contribution is -0.140. The molecule has 0 aromatic carbocycles. The van der Waals surface area contributed by atoms with E-state index in [0.29, 0.717) is 4.55 Å². The van der Waals surface area contributed by atoms with Crippen LogP contribution in [0, 0.1) is 0 Å². The zero-order valence-corrected chi connectivity index (χ0v) is 13.1. The third-order valence-electron chi connectivity index (χ3n) is 1.89. The molecule has 0 heterocycles. The fraction of sp³-hybridized carbons (Fsp3) is 0.545. The molecule has 0 aliphatic heterocycles. The molecule has 0 saturated heterocycles. The predicted octanol–water partition coefficient (Wildman–Crippen LogP) is 1.67. The molecule has 0 saturated carbocycles. The summed E-state index contributed by atoms with van der Waals surface area (Å²) in [5.74, 6) is -0.550. The third kappa shape index (κ3) is 6.99. The second-order valence-corrected chi connectivity index (χ2v) is 4.15. The van der Waals surface area contributed by atoms with Gasteiger partial charge in [0.1, 0.15) is 13.2 Å². The summed E-state index contributed by atoms with van der Waals surface area (Å²) >= 11 is 1.95. The van der Waals surface area contributed by atoms with Crippen LogP contribution in [0.25, 0.3) is 0 Å². The molecule has 19 heavy (non-hydrogen) atoms. The number of esters is 1. The van der Waals surface area contributed by atoms with E-state index < -0.39 is 18.1 Å². The number of urea groups is 1. The molecule has 0 fully saturated rings. The zero-order valence-electron chi connectivity index (χ0n) is 10.9. The van der Waals surface area contributed by atoms with Crippen molar-refractivity contribution in [1.82, 2.24) is 10.2 Å². The number of hydrogen-bond acceptors (Lipinski definition) is 5. The molecule has 3 amide bonds. The van der Waals surface area contributed by atoms with Crippen molar-refractivity contribution in [2.75, 3.05) is 24.3 Å². The number of amides is 3. The van der Waals surface area contributed by atoms with Crippen LogP contribution in [0.5, 0.6) is 0 Å². The standard InChI is InChI=1S/C11H17IN2O5/c1-4-14(10(16)13-7-12)11(17)19-6-5-18-9(15)8(2)3/h2,4-7H2,1,3H3,(H,13,16). The highest BCUT2D eigenvalue weighted by molar-refractivity contribution is 14.1. The first-order valence-corrected chi connectivity index (χ1v) is 7.07. The fourth-order valence-corrected chi connectivity index (χ4v) is 1.30. The number of hydrogen-bond donors (Lipinski definition) is 1. The summed E-state index contributed by atoms with van der Waals surface area (Å²) in [6, 6.07) is -0.527. The van der Waals surface area contributed by atoms with Crippen molar-refractivity contribution in [3.63, 3.8) is 0 Å². The number of nitrogens with zero attached hydrogens (tertiary/aromatic N) is 1. The molecule has 108 valence electrons. The Bertz CT molecular complexity index is 359. The van der Waals surface area contributed by atoms with Gasteiger partial charge in [0.25, 0.3) is 0 Å². The molecule has 0 spiro atoms. The lowest BCUT2D eigenvalue weighted by atomic mass is 10.4. The van der Waals surface area contributed by atoms with Gasteiger partial charge in [-0.05, 0) is 13.8 Å². The average molecular weight is 384 g/mol. The smallest absolute Gasteiger partial charge is 0.418 e. The van der Waals surface area contributed by atoms with Gasteiger partial charge in [-0.1, -0.05) is 29.2 Å². The molecular weight excluding hydrogens is 367 g/mol. The number of nitrogens with one attached hydrogen (secondary N) is 1. The minimum Gasteiger partial charge on any atom is -0.459 e. The Morgan fingerprint density at radius 2 is 1.84 bits per heavy atom. The van der Waals surface area contributed by atoms with E-state index in [1.165, 1.54) is 6.92 Å². The normalized spacial score (nSPS) is 9.42. The van der Waals surface area contributed by atoms with E-state index in [4.69, 9.17) is 9.47 Å². The molecule has 0 radical (unpaired) electrons. The van der Waals surface area contributed by atoms with E-state index >= 15 is 0 Å². The first-order valence-electron chi connectivity index (χ1n) is 5.54. The van der Waals surface area contributed by atoms with Gasteiger partial charge in [0, 0.05) is 12.1 Å². The topological polar surface area (TPSA) is 84.9 Å². The van der Waals surface area contributed by atoms with Crippen LogP contribution in [0.15, 0.2) is 12.2 Å². The highest BCUT2D eigenvalue weighted by Gasteiger charge is 2.20. The van der Waals surface area contributed by atoms with Gasteiger partial charge in [0.2, 0.25) is 0 Å². The summed E-state index contributed by atoms with van der Waals surface area (Å²) < 4.78 is 9.93. The molecule has 1 N–H and O–H groups in total. The second-order valence-electron chi connectivity index (χ2n) is 3.39. The molecule has 0 bridgehead atoms. The zero-order chi connectivity index (χ0) is 14.8. The van der Waals surface area contributed by atoms with Crippen molar-refractivity contribution < 1.29 is 23.9 Å². The van der Waals surface area contributed by atoms with Crippen molar-refractivity contribution in [1.29, 1.82) is 0 Å². The summed E-state index contributed by atoms with van der Waals surface area (Å²) in [7, 11) is 0. The number of imide groups is 1. The van der Waals surface area contributed by atoms with E-state index in [1.54, 1.807) is 6.92 Å². The van der Waals surface area contributed by atoms with Crippen molar-refractivity contribution in [3.05, 3.63) is 12.2 Å². The van der Waals surface area contributed by atoms with Crippen LogP contribution >= 0.6 is 22.6 Å². The highest BCUT2D eigenvalue weighted by Crippen LogP contribution is 1.97. The van der Waals surface area contributed by atoms with E-state index in [2.05, 4.69) is 11.9 Å². The number of alkyl halides is 1. The van der Waals surface area contributed by atoms with Gasteiger partial charge < -0.3 is 14.8 Å². The molecule has 7 nitrogen and oxygen atoms in total. The summed E-state index contributed by atoms with van der Waals surface area (Å²) in [4.78, 5) is 35.0. The molecule has 0 aromatic heterocycles. The summed E-state index contributed by atoms with van der Waals surface area (Å²) in [6.07, 6.45) is -0.781.